The molecule has 2 heterocycles. The van der Waals surface area contributed by atoms with Crippen LogP contribution in [0, 0.1) is 11.8 Å². The Bertz CT molecular complexity index is 1230. The van der Waals surface area contributed by atoms with Gasteiger partial charge in [0.05, 0.1) is 22.7 Å². The lowest BCUT2D eigenvalue weighted by atomic mass is 9.79. The molecule has 1 aliphatic heterocycles. The van der Waals surface area contributed by atoms with Crippen molar-refractivity contribution < 1.29 is 14.6 Å². The number of carbonyl (C=O) groups is 1. The molecule has 204 valence electrons. The first-order valence-electron chi connectivity index (χ1n) is 13.4. The van der Waals surface area contributed by atoms with Crippen LogP contribution in [0.3, 0.4) is 0 Å². The molecular formula is C30H36Cl2N2O3S. The fourth-order valence-corrected chi connectivity index (χ4v) is 6.95. The molecule has 0 aliphatic carbocycles. The second kappa shape index (κ2) is 14.4. The zero-order valence-electron chi connectivity index (χ0n) is 21.9. The molecule has 8 heteroatoms. The number of piperidine rings is 1. The maximum Gasteiger partial charge on any atom is 0.303 e. The van der Waals surface area contributed by atoms with Gasteiger partial charge in [0.2, 0.25) is 0 Å². The highest BCUT2D eigenvalue weighted by Gasteiger charge is 2.29. The van der Waals surface area contributed by atoms with Crippen LogP contribution in [0.5, 0.6) is 5.75 Å². The molecule has 4 rings (SSSR count). The van der Waals surface area contributed by atoms with E-state index in [1.165, 1.54) is 5.56 Å². The molecule has 0 bridgehead atoms. The van der Waals surface area contributed by atoms with Crippen molar-refractivity contribution in [1.82, 2.24) is 9.88 Å². The summed E-state index contributed by atoms with van der Waals surface area (Å²) in [6.45, 7) is 3.08. The number of halogens is 2. The number of benzene rings is 2. The number of rotatable bonds is 13. The first-order valence-corrected chi connectivity index (χ1v) is 15.1. The molecule has 0 spiro atoms. The number of aliphatic carboxylic acids is 1. The molecule has 5 nitrogen and oxygen atoms in total. The highest BCUT2D eigenvalue weighted by Crippen LogP contribution is 2.34. The van der Waals surface area contributed by atoms with Crippen molar-refractivity contribution in [3.05, 3.63) is 64.3 Å². The SMILES string of the molecule is COc1ccc2nccc(CCCC3CCN(CCCSc4cccc(Cl)c4Cl)CC3CCC(=O)O)c2c1. The van der Waals surface area contributed by atoms with Gasteiger partial charge in [0.15, 0.2) is 0 Å². The Morgan fingerprint density at radius 2 is 2.03 bits per heavy atom. The van der Waals surface area contributed by atoms with Gasteiger partial charge < -0.3 is 14.7 Å². The largest absolute Gasteiger partial charge is 0.497 e. The molecule has 2 unspecified atom stereocenters. The first-order chi connectivity index (χ1) is 18.4. The number of hydrogen-bond acceptors (Lipinski definition) is 5. The van der Waals surface area contributed by atoms with Gasteiger partial charge in [-0.15, -0.1) is 11.8 Å². The highest BCUT2D eigenvalue weighted by atomic mass is 35.5. The molecule has 1 N–H and O–H groups in total. The number of thioether (sulfide) groups is 1. The lowest BCUT2D eigenvalue weighted by Crippen LogP contribution is -2.41. The van der Waals surface area contributed by atoms with E-state index in [4.69, 9.17) is 27.9 Å². The number of fused-ring (bicyclic) bond motifs is 1. The molecule has 0 saturated carbocycles. The second-order valence-corrected chi connectivity index (χ2v) is 12.0. The van der Waals surface area contributed by atoms with E-state index in [9.17, 15) is 9.90 Å². The molecule has 2 aromatic carbocycles. The Kier molecular flexibility index (Phi) is 11.0. The van der Waals surface area contributed by atoms with Crippen LogP contribution in [0.2, 0.25) is 10.0 Å². The first kappa shape index (κ1) is 29.0. The highest BCUT2D eigenvalue weighted by molar-refractivity contribution is 7.99. The summed E-state index contributed by atoms with van der Waals surface area (Å²) in [5.41, 5.74) is 2.29. The topological polar surface area (TPSA) is 62.7 Å². The number of aromatic nitrogens is 1. The Balaban J connectivity index is 1.28. The Morgan fingerprint density at radius 3 is 2.84 bits per heavy atom. The van der Waals surface area contributed by atoms with E-state index in [1.54, 1.807) is 18.9 Å². The number of aryl methyl sites for hydroxylation is 1. The molecule has 1 aromatic heterocycles. The van der Waals surface area contributed by atoms with Crippen LogP contribution < -0.4 is 4.74 Å². The summed E-state index contributed by atoms with van der Waals surface area (Å²) in [4.78, 5) is 19.4. The molecule has 1 fully saturated rings. The van der Waals surface area contributed by atoms with Crippen molar-refractivity contribution in [2.24, 2.45) is 11.8 Å². The number of methoxy groups -OCH3 is 1. The lowest BCUT2D eigenvalue weighted by Gasteiger charge is -2.39. The van der Waals surface area contributed by atoms with Crippen LogP contribution >= 0.6 is 35.0 Å². The number of hydrogen-bond donors (Lipinski definition) is 1. The van der Waals surface area contributed by atoms with Gasteiger partial charge in [-0.05, 0) is 111 Å². The van der Waals surface area contributed by atoms with Gasteiger partial charge in [0.25, 0.3) is 0 Å². The average Bonchev–Trinajstić information content (AvgIpc) is 2.92. The second-order valence-electron chi connectivity index (χ2n) is 10.0. The smallest absolute Gasteiger partial charge is 0.303 e. The van der Waals surface area contributed by atoms with Gasteiger partial charge >= 0.3 is 5.97 Å². The zero-order chi connectivity index (χ0) is 26.9. The van der Waals surface area contributed by atoms with Crippen LogP contribution in [0.25, 0.3) is 10.9 Å². The van der Waals surface area contributed by atoms with E-state index in [0.717, 1.165) is 85.5 Å². The summed E-state index contributed by atoms with van der Waals surface area (Å²) in [5, 5.41) is 11.7. The Hall–Kier alpha value is -1.99. The Labute approximate surface area is 239 Å². The van der Waals surface area contributed by atoms with Crippen LogP contribution in [-0.4, -0.2) is 53.5 Å². The minimum absolute atomic E-state index is 0.243. The summed E-state index contributed by atoms with van der Waals surface area (Å²) < 4.78 is 5.42. The van der Waals surface area contributed by atoms with Crippen LogP contribution in [0.15, 0.2) is 53.6 Å². The van der Waals surface area contributed by atoms with E-state index in [0.29, 0.717) is 21.9 Å². The normalized spacial score (nSPS) is 18.1. The van der Waals surface area contributed by atoms with Gasteiger partial charge in [0.1, 0.15) is 5.75 Å². The molecule has 38 heavy (non-hydrogen) atoms. The van der Waals surface area contributed by atoms with E-state index < -0.39 is 5.97 Å². The molecular weight excluding hydrogens is 539 g/mol. The predicted octanol–water partition coefficient (Wildman–Crippen LogP) is 7.86. The average molecular weight is 576 g/mol. The van der Waals surface area contributed by atoms with E-state index in [-0.39, 0.29) is 6.42 Å². The van der Waals surface area contributed by atoms with Crippen molar-refractivity contribution in [2.45, 2.75) is 49.8 Å². The molecule has 0 amide bonds. The summed E-state index contributed by atoms with van der Waals surface area (Å²) >= 11 is 14.2. The van der Waals surface area contributed by atoms with E-state index >= 15 is 0 Å². The number of carboxylic acids is 1. The fourth-order valence-electron chi connectivity index (χ4n) is 5.52. The predicted molar refractivity (Wildman–Crippen MR) is 158 cm³/mol. The fraction of sp³-hybridized carbons (Fsp3) is 0.467. The Morgan fingerprint density at radius 1 is 1.16 bits per heavy atom. The maximum absolute atomic E-state index is 11.4. The van der Waals surface area contributed by atoms with Gasteiger partial charge in [0, 0.05) is 29.4 Å². The van der Waals surface area contributed by atoms with Gasteiger partial charge in [-0.25, -0.2) is 0 Å². The monoisotopic (exact) mass is 574 g/mol. The molecule has 0 radical (unpaired) electrons. The number of ether oxygens (including phenoxy) is 1. The minimum atomic E-state index is -0.701. The third-order valence-electron chi connectivity index (χ3n) is 7.56. The summed E-state index contributed by atoms with van der Waals surface area (Å²) in [6.07, 6.45) is 8.26. The molecule has 3 aromatic rings. The number of carboxylic acid groups (broad SMARTS) is 1. The minimum Gasteiger partial charge on any atom is -0.497 e. The number of likely N-dealkylation sites (tertiary alicyclic amines) is 1. The van der Waals surface area contributed by atoms with Crippen LogP contribution in [-0.2, 0) is 11.2 Å². The molecule has 1 saturated heterocycles. The number of pyridine rings is 1. The van der Waals surface area contributed by atoms with Gasteiger partial charge in [-0.1, -0.05) is 29.3 Å². The van der Waals surface area contributed by atoms with Crippen molar-refractivity contribution in [3.63, 3.8) is 0 Å². The van der Waals surface area contributed by atoms with Crippen molar-refractivity contribution in [1.29, 1.82) is 0 Å². The molecule has 1 aliphatic rings. The van der Waals surface area contributed by atoms with Crippen molar-refractivity contribution in [2.75, 3.05) is 32.5 Å². The van der Waals surface area contributed by atoms with Crippen molar-refractivity contribution in [3.8, 4) is 5.75 Å². The van der Waals surface area contributed by atoms with Crippen molar-refractivity contribution >= 4 is 51.8 Å². The van der Waals surface area contributed by atoms with Crippen LogP contribution in [0.4, 0.5) is 0 Å². The lowest BCUT2D eigenvalue weighted by molar-refractivity contribution is -0.137. The maximum atomic E-state index is 11.4. The third-order valence-corrected chi connectivity index (χ3v) is 9.63. The molecule has 2 atom stereocenters. The standard InChI is InChI=1S/C30H36Cl2N2O3S/c1-37-24-10-11-27-25(19-24)22(13-15-33-27)6-2-5-21-14-17-34(20-23(21)9-12-29(35)36)16-4-18-38-28-8-3-7-26(31)30(28)32/h3,7-8,10-11,13,15,19,21,23H,2,4-6,9,12,14,16-18,20H2,1H3,(H,35,36). The number of nitrogens with zero attached hydrogens (tertiary/aromatic N) is 2. The summed E-state index contributed by atoms with van der Waals surface area (Å²) in [6, 6.07) is 13.9. The van der Waals surface area contributed by atoms with E-state index in [1.807, 2.05) is 36.5 Å². The summed E-state index contributed by atoms with van der Waals surface area (Å²) in [7, 11) is 1.69. The van der Waals surface area contributed by atoms with Gasteiger partial charge in [-0.3, -0.25) is 9.78 Å². The quantitative estimate of drug-likeness (QED) is 0.165. The van der Waals surface area contributed by atoms with E-state index in [2.05, 4.69) is 22.0 Å². The van der Waals surface area contributed by atoms with Crippen LogP contribution in [0.1, 0.15) is 44.1 Å². The summed E-state index contributed by atoms with van der Waals surface area (Å²) in [5.74, 6) is 2.11. The zero-order valence-corrected chi connectivity index (χ0v) is 24.2. The van der Waals surface area contributed by atoms with Gasteiger partial charge in [-0.2, -0.15) is 0 Å². The third kappa shape index (κ3) is 8.01.